The molecule has 1 aromatic heterocycles. The first-order valence-electron chi connectivity index (χ1n) is 14.1. The van der Waals surface area contributed by atoms with Gasteiger partial charge in [-0.05, 0) is 112 Å². The van der Waals surface area contributed by atoms with Gasteiger partial charge >= 0.3 is 5.97 Å². The van der Waals surface area contributed by atoms with Gasteiger partial charge in [0.15, 0.2) is 0 Å². The van der Waals surface area contributed by atoms with Gasteiger partial charge in [-0.1, -0.05) is 6.07 Å². The molecule has 206 valence electrons. The van der Waals surface area contributed by atoms with Crippen molar-refractivity contribution in [3.8, 4) is 0 Å². The number of hydrogen-bond acceptors (Lipinski definition) is 6. The molecule has 7 nitrogen and oxygen atoms in total. The van der Waals surface area contributed by atoms with Gasteiger partial charge in [0, 0.05) is 24.9 Å². The van der Waals surface area contributed by atoms with Crippen LogP contribution in [0.25, 0.3) is 0 Å². The van der Waals surface area contributed by atoms with Gasteiger partial charge in [-0.15, -0.1) is 0 Å². The van der Waals surface area contributed by atoms with Crippen LogP contribution in [0.2, 0.25) is 0 Å². The van der Waals surface area contributed by atoms with Gasteiger partial charge in [0.05, 0.1) is 18.8 Å². The van der Waals surface area contributed by atoms with Crippen LogP contribution in [0.1, 0.15) is 85.5 Å². The van der Waals surface area contributed by atoms with Crippen molar-refractivity contribution >= 4 is 11.8 Å². The number of nitrogens with zero attached hydrogens (tertiary/aromatic N) is 2. The first-order valence-corrected chi connectivity index (χ1v) is 14.1. The molecule has 2 aliphatic heterocycles. The van der Waals surface area contributed by atoms with E-state index < -0.39 is 12.0 Å². The van der Waals surface area contributed by atoms with Gasteiger partial charge in [-0.25, -0.2) is 9.37 Å². The van der Waals surface area contributed by atoms with Crippen LogP contribution in [0.5, 0.6) is 0 Å². The van der Waals surface area contributed by atoms with Gasteiger partial charge in [0.1, 0.15) is 17.7 Å². The van der Waals surface area contributed by atoms with E-state index in [1.807, 2.05) is 18.9 Å². The number of aliphatic carboxylic acids is 1. The summed E-state index contributed by atoms with van der Waals surface area (Å²) in [5.41, 5.74) is 4.63. The highest BCUT2D eigenvalue weighted by Gasteiger charge is 2.38. The molecule has 38 heavy (non-hydrogen) atoms. The summed E-state index contributed by atoms with van der Waals surface area (Å²) >= 11 is 0. The number of benzene rings is 1. The van der Waals surface area contributed by atoms with Crippen molar-refractivity contribution in [2.75, 3.05) is 32.1 Å². The summed E-state index contributed by atoms with van der Waals surface area (Å²) in [6.45, 7) is 4.13. The van der Waals surface area contributed by atoms with E-state index in [2.05, 4.69) is 17.4 Å². The molecule has 3 aliphatic rings. The van der Waals surface area contributed by atoms with Crippen molar-refractivity contribution < 1.29 is 23.8 Å². The third-order valence-electron chi connectivity index (χ3n) is 8.41. The zero-order valence-corrected chi connectivity index (χ0v) is 22.5. The number of carboxylic acid groups (broad SMARTS) is 1. The van der Waals surface area contributed by atoms with E-state index in [9.17, 15) is 14.3 Å². The number of rotatable bonds is 10. The van der Waals surface area contributed by atoms with E-state index in [0.29, 0.717) is 25.2 Å². The van der Waals surface area contributed by atoms with E-state index in [4.69, 9.17) is 14.5 Å². The molecule has 1 saturated carbocycles. The summed E-state index contributed by atoms with van der Waals surface area (Å²) in [6, 6.07) is 6.39. The molecule has 5 rings (SSSR count). The van der Waals surface area contributed by atoms with Gasteiger partial charge < -0.3 is 19.9 Å². The number of likely N-dealkylation sites (N-methyl/N-ethyl adjacent to an activating group) is 1. The highest BCUT2D eigenvalue weighted by molar-refractivity contribution is 5.76. The molecule has 1 aliphatic carbocycles. The number of carbonyl (C=O) groups is 1. The number of halogens is 1. The molecular formula is C30H40FN3O4. The Morgan fingerprint density at radius 2 is 2.13 bits per heavy atom. The van der Waals surface area contributed by atoms with Crippen LogP contribution in [0, 0.1) is 5.82 Å². The molecule has 8 heteroatoms. The molecule has 4 atom stereocenters. The highest BCUT2D eigenvalue weighted by Crippen LogP contribution is 2.38. The average Bonchev–Trinajstić information content (AvgIpc) is 3.37. The van der Waals surface area contributed by atoms with E-state index in [1.54, 1.807) is 0 Å². The van der Waals surface area contributed by atoms with Crippen LogP contribution in [0.15, 0.2) is 24.3 Å². The van der Waals surface area contributed by atoms with Crippen molar-refractivity contribution in [2.24, 2.45) is 0 Å². The van der Waals surface area contributed by atoms with E-state index in [1.165, 1.54) is 24.1 Å². The zero-order chi connectivity index (χ0) is 26.6. The molecule has 0 amide bonds. The summed E-state index contributed by atoms with van der Waals surface area (Å²) in [4.78, 5) is 19.2. The number of nitrogens with one attached hydrogen (secondary N) is 1. The van der Waals surface area contributed by atoms with Gasteiger partial charge in [-0.3, -0.25) is 9.69 Å². The normalized spacial score (nSPS) is 23.5. The number of hydrogen-bond donors (Lipinski definition) is 2. The van der Waals surface area contributed by atoms with E-state index in [-0.39, 0.29) is 24.1 Å². The lowest BCUT2D eigenvalue weighted by Crippen LogP contribution is -2.39. The second-order valence-corrected chi connectivity index (χ2v) is 11.0. The fraction of sp³-hybridized carbons (Fsp3) is 0.600. The quantitative estimate of drug-likeness (QED) is 0.411. The summed E-state index contributed by atoms with van der Waals surface area (Å²) < 4.78 is 26.5. The Hall–Kier alpha value is -2.55. The molecule has 2 aromatic rings. The van der Waals surface area contributed by atoms with Gasteiger partial charge in [0.2, 0.25) is 0 Å². The van der Waals surface area contributed by atoms with Crippen LogP contribution in [0.4, 0.5) is 10.2 Å². The molecule has 0 bridgehead atoms. The highest BCUT2D eigenvalue weighted by atomic mass is 19.1. The Labute approximate surface area is 224 Å². The van der Waals surface area contributed by atoms with Crippen molar-refractivity contribution in [1.29, 1.82) is 0 Å². The fourth-order valence-electron chi connectivity index (χ4n) is 6.40. The Balaban J connectivity index is 1.13. The van der Waals surface area contributed by atoms with Crippen molar-refractivity contribution in [3.05, 3.63) is 58.0 Å². The summed E-state index contributed by atoms with van der Waals surface area (Å²) in [7, 11) is 1.85. The second kappa shape index (κ2) is 12.1. The van der Waals surface area contributed by atoms with Crippen molar-refractivity contribution in [1.82, 2.24) is 9.88 Å². The monoisotopic (exact) mass is 525 g/mol. The van der Waals surface area contributed by atoms with Crippen molar-refractivity contribution in [3.63, 3.8) is 0 Å². The molecule has 1 fully saturated rings. The molecule has 0 radical (unpaired) electrons. The summed E-state index contributed by atoms with van der Waals surface area (Å²) in [5, 5.41) is 13.6. The largest absolute Gasteiger partial charge is 0.480 e. The number of aromatic nitrogens is 1. The minimum atomic E-state index is -0.964. The first-order chi connectivity index (χ1) is 18.4. The zero-order valence-electron chi connectivity index (χ0n) is 22.5. The van der Waals surface area contributed by atoms with Gasteiger partial charge in [-0.2, -0.15) is 0 Å². The molecule has 2 N–H and O–H groups in total. The predicted molar refractivity (Wildman–Crippen MR) is 144 cm³/mol. The maximum Gasteiger partial charge on any atom is 0.325 e. The fourth-order valence-corrected chi connectivity index (χ4v) is 6.40. The molecule has 0 saturated heterocycles. The van der Waals surface area contributed by atoms with Crippen LogP contribution in [0.3, 0.4) is 0 Å². The third kappa shape index (κ3) is 6.03. The number of fused-ring (bicyclic) bond motifs is 2. The standard InChI is InChI=1S/C30H40FN3O4/c1-19-27-21(12-15-37-19)16-22(31)17-26(27)28(30(35)36)34(2)24-10-11-25(18-24)38-14-4-3-7-23-9-8-20-6-5-13-32-29(20)33-23/h8-9,16-17,19,24-25,28H,3-7,10-15,18H2,1-2H3,(H,32,33)(H,35,36)/t19-,24-,25-,28-/m0/s1. The Bertz CT molecular complexity index is 1140. The SMILES string of the molecule is C[C@@H]1OCCc2cc(F)cc([C@@H](C(=O)O)N(C)[C@H]3CC[C@H](OCCCCc4ccc5c(n4)NCCC5)C3)c21. The summed E-state index contributed by atoms with van der Waals surface area (Å²) in [6.07, 6.45) is 8.20. The smallest absolute Gasteiger partial charge is 0.325 e. The molecule has 0 spiro atoms. The first kappa shape index (κ1) is 27.0. The minimum Gasteiger partial charge on any atom is -0.480 e. The van der Waals surface area contributed by atoms with E-state index in [0.717, 1.165) is 74.1 Å². The predicted octanol–water partition coefficient (Wildman–Crippen LogP) is 5.23. The number of aryl methyl sites for hydroxylation is 2. The molecule has 0 unspecified atom stereocenters. The molecular weight excluding hydrogens is 485 g/mol. The minimum absolute atomic E-state index is 0.0621. The lowest BCUT2D eigenvalue weighted by molar-refractivity contribution is -0.144. The maximum absolute atomic E-state index is 14.5. The number of unbranched alkanes of at least 4 members (excludes halogenated alkanes) is 1. The van der Waals surface area contributed by atoms with Crippen LogP contribution in [-0.2, 0) is 33.5 Å². The van der Waals surface area contributed by atoms with Gasteiger partial charge in [0.25, 0.3) is 0 Å². The number of anilines is 1. The topological polar surface area (TPSA) is 83.9 Å². The third-order valence-corrected chi connectivity index (χ3v) is 8.41. The molecule has 3 heterocycles. The molecule has 1 aromatic carbocycles. The lowest BCUT2D eigenvalue weighted by atomic mass is 9.88. The maximum atomic E-state index is 14.5. The van der Waals surface area contributed by atoms with Crippen LogP contribution >= 0.6 is 0 Å². The Morgan fingerprint density at radius 3 is 2.97 bits per heavy atom. The Kier molecular flexibility index (Phi) is 8.61. The average molecular weight is 526 g/mol. The Morgan fingerprint density at radius 1 is 1.26 bits per heavy atom. The number of ether oxygens (including phenoxy) is 2. The van der Waals surface area contributed by atoms with Crippen LogP contribution < -0.4 is 5.32 Å². The lowest BCUT2D eigenvalue weighted by Gasteiger charge is -2.34. The number of carboxylic acids is 1. The van der Waals surface area contributed by atoms with E-state index >= 15 is 0 Å². The summed E-state index contributed by atoms with van der Waals surface area (Å²) in [5.74, 6) is -0.304. The van der Waals surface area contributed by atoms with Crippen LogP contribution in [-0.4, -0.2) is 59.9 Å². The number of pyridine rings is 1. The van der Waals surface area contributed by atoms with Crippen molar-refractivity contribution in [2.45, 2.75) is 89.0 Å². The second-order valence-electron chi connectivity index (χ2n) is 11.0.